The molecule has 0 bridgehead atoms. The largest absolute Gasteiger partial charge is 0.459 e. The van der Waals surface area contributed by atoms with Crippen LogP contribution in [0.25, 0.3) is 0 Å². The van der Waals surface area contributed by atoms with Gasteiger partial charge in [0.1, 0.15) is 18.2 Å². The van der Waals surface area contributed by atoms with Crippen LogP contribution in [-0.4, -0.2) is 41.2 Å². The average molecular weight is 397 g/mol. The fraction of sp³-hybridized carbons (Fsp3) is 0.526. The van der Waals surface area contributed by atoms with E-state index in [4.69, 9.17) is 9.47 Å². The van der Waals surface area contributed by atoms with Crippen molar-refractivity contribution in [1.82, 2.24) is 10.6 Å². The van der Waals surface area contributed by atoms with Gasteiger partial charge >= 0.3 is 12.1 Å². The zero-order valence-electron chi connectivity index (χ0n) is 16.5. The highest BCUT2D eigenvalue weighted by Gasteiger charge is 2.25. The Bertz CT molecular complexity index is 640. The van der Waals surface area contributed by atoms with Gasteiger partial charge in [0.05, 0.1) is 5.88 Å². The Labute approximate surface area is 164 Å². The Hall–Kier alpha value is -2.22. The van der Waals surface area contributed by atoms with Gasteiger partial charge in [0.2, 0.25) is 5.91 Å². The van der Waals surface area contributed by atoms with Gasteiger partial charge in [-0.15, -0.1) is 11.8 Å². The maximum Gasteiger partial charge on any atom is 0.408 e. The maximum atomic E-state index is 12.4. The zero-order chi connectivity index (χ0) is 20.4. The lowest BCUT2D eigenvalue weighted by molar-refractivity contribution is -0.146. The molecule has 150 valence electrons. The number of thioether (sulfide) groups is 1. The molecule has 0 aromatic heterocycles. The second-order valence-corrected chi connectivity index (χ2v) is 8.07. The van der Waals surface area contributed by atoms with E-state index in [0.717, 1.165) is 11.1 Å². The molecule has 2 N–H and O–H groups in total. The van der Waals surface area contributed by atoms with E-state index in [1.54, 1.807) is 20.8 Å². The van der Waals surface area contributed by atoms with E-state index in [2.05, 4.69) is 10.6 Å². The monoisotopic (exact) mass is 396 g/mol. The Morgan fingerprint density at radius 3 is 2.33 bits per heavy atom. The van der Waals surface area contributed by atoms with E-state index in [-0.39, 0.29) is 18.3 Å². The van der Waals surface area contributed by atoms with Crippen molar-refractivity contribution in [3.8, 4) is 0 Å². The van der Waals surface area contributed by atoms with Crippen LogP contribution >= 0.6 is 11.8 Å². The van der Waals surface area contributed by atoms with Gasteiger partial charge in [-0.25, -0.2) is 9.59 Å². The summed E-state index contributed by atoms with van der Waals surface area (Å²) in [6, 6.07) is 6.74. The van der Waals surface area contributed by atoms with Crippen molar-refractivity contribution < 1.29 is 23.9 Å². The molecule has 2 amide bonds. The van der Waals surface area contributed by atoms with Gasteiger partial charge in [0.25, 0.3) is 0 Å². The first-order chi connectivity index (χ1) is 12.6. The summed E-state index contributed by atoms with van der Waals surface area (Å²) >= 11 is 1.30. The second-order valence-electron chi connectivity index (χ2n) is 7.04. The Morgan fingerprint density at radius 2 is 1.78 bits per heavy atom. The molecular weight excluding hydrogens is 368 g/mol. The Morgan fingerprint density at radius 1 is 1.15 bits per heavy atom. The molecule has 1 rings (SSSR count). The number of aryl methyl sites for hydroxylation is 1. The predicted molar refractivity (Wildman–Crippen MR) is 105 cm³/mol. The lowest BCUT2D eigenvalue weighted by atomic mass is 10.2. The molecule has 0 saturated heterocycles. The molecule has 8 heteroatoms. The molecule has 0 heterocycles. The van der Waals surface area contributed by atoms with Crippen LogP contribution < -0.4 is 10.6 Å². The van der Waals surface area contributed by atoms with Crippen molar-refractivity contribution >= 4 is 29.7 Å². The van der Waals surface area contributed by atoms with Gasteiger partial charge in [-0.2, -0.15) is 0 Å². The van der Waals surface area contributed by atoms with Crippen molar-refractivity contribution in [2.45, 2.75) is 52.9 Å². The first-order valence-electron chi connectivity index (χ1n) is 8.60. The first-order valence-corrected chi connectivity index (χ1v) is 9.76. The molecule has 1 aromatic carbocycles. The third-order valence-electron chi connectivity index (χ3n) is 3.18. The number of hydrogen-bond donors (Lipinski definition) is 2. The highest BCUT2D eigenvalue weighted by atomic mass is 32.2. The molecule has 0 spiro atoms. The normalized spacial score (nSPS) is 12.0. The number of alkyl carbamates (subject to hydrolysis) is 1. The third-order valence-corrected chi connectivity index (χ3v) is 4.10. The van der Waals surface area contributed by atoms with E-state index in [1.807, 2.05) is 31.2 Å². The number of benzene rings is 1. The zero-order valence-corrected chi connectivity index (χ0v) is 17.3. The highest BCUT2D eigenvalue weighted by Crippen LogP contribution is 2.10. The number of ether oxygens (including phenoxy) is 2. The number of rotatable bonds is 8. The molecule has 0 saturated carbocycles. The summed E-state index contributed by atoms with van der Waals surface area (Å²) < 4.78 is 10.5. The SMILES string of the molecule is CC(=O)NCSC[C@H](NC(=O)OC(C)(C)C)C(=O)OCc1ccc(C)cc1. The van der Waals surface area contributed by atoms with Gasteiger partial charge in [-0.1, -0.05) is 29.8 Å². The Kier molecular flexibility index (Phi) is 9.14. The van der Waals surface area contributed by atoms with Gasteiger partial charge < -0.3 is 20.1 Å². The van der Waals surface area contributed by atoms with Gasteiger partial charge in [0.15, 0.2) is 0 Å². The summed E-state index contributed by atoms with van der Waals surface area (Å²) in [4.78, 5) is 35.4. The number of hydrogen-bond acceptors (Lipinski definition) is 6. The number of carbonyl (C=O) groups excluding carboxylic acids is 3. The molecule has 0 aliphatic heterocycles. The summed E-state index contributed by atoms with van der Waals surface area (Å²) in [5, 5.41) is 5.16. The molecule has 0 unspecified atom stereocenters. The van der Waals surface area contributed by atoms with Crippen molar-refractivity contribution in [2.75, 3.05) is 11.6 Å². The number of amides is 2. The standard InChI is InChI=1S/C19H28N2O5S/c1-13-6-8-15(9-7-13)10-25-17(23)16(11-27-12-20-14(2)22)21-18(24)26-19(3,4)5/h6-9,16H,10-12H2,1-5H3,(H,20,22)(H,21,24)/t16-/m0/s1. The van der Waals surface area contributed by atoms with Gasteiger partial charge in [0, 0.05) is 12.7 Å². The van der Waals surface area contributed by atoms with Gasteiger partial charge in [-0.05, 0) is 33.3 Å². The number of esters is 1. The molecular formula is C19H28N2O5S. The summed E-state index contributed by atoms with van der Waals surface area (Å²) in [6.07, 6.45) is -0.695. The van der Waals surface area contributed by atoms with Crippen LogP contribution in [0, 0.1) is 6.92 Å². The second kappa shape index (κ2) is 10.8. The topological polar surface area (TPSA) is 93.7 Å². The minimum atomic E-state index is -0.885. The lowest BCUT2D eigenvalue weighted by Gasteiger charge is -2.23. The van der Waals surface area contributed by atoms with Gasteiger partial charge in [-0.3, -0.25) is 4.79 Å². The molecule has 0 radical (unpaired) electrons. The van der Waals surface area contributed by atoms with Crippen LogP contribution in [0.15, 0.2) is 24.3 Å². The molecule has 0 fully saturated rings. The molecule has 7 nitrogen and oxygen atoms in total. The van der Waals surface area contributed by atoms with Crippen molar-refractivity contribution in [3.05, 3.63) is 35.4 Å². The van der Waals surface area contributed by atoms with Crippen LogP contribution in [0.4, 0.5) is 4.79 Å². The molecule has 0 aliphatic carbocycles. The quantitative estimate of drug-likeness (QED) is 0.399. The summed E-state index contributed by atoms with van der Waals surface area (Å²) in [5.41, 5.74) is 1.30. The van der Waals surface area contributed by atoms with Crippen molar-refractivity contribution in [1.29, 1.82) is 0 Å². The first kappa shape index (κ1) is 22.8. The van der Waals surface area contributed by atoms with E-state index in [9.17, 15) is 14.4 Å². The molecule has 0 aliphatic rings. The smallest absolute Gasteiger partial charge is 0.408 e. The third kappa shape index (κ3) is 10.5. The predicted octanol–water partition coefficient (Wildman–Crippen LogP) is 2.76. The molecule has 1 atom stereocenters. The number of nitrogens with one attached hydrogen (secondary N) is 2. The Balaban J connectivity index is 2.63. The maximum absolute atomic E-state index is 12.4. The van der Waals surface area contributed by atoms with E-state index < -0.39 is 23.7 Å². The fourth-order valence-electron chi connectivity index (χ4n) is 1.89. The van der Waals surface area contributed by atoms with Crippen LogP contribution in [0.5, 0.6) is 0 Å². The molecule has 1 aromatic rings. The lowest BCUT2D eigenvalue weighted by Crippen LogP contribution is -2.46. The summed E-state index contributed by atoms with van der Waals surface area (Å²) in [5.74, 6) is -0.155. The highest BCUT2D eigenvalue weighted by molar-refractivity contribution is 7.99. The van der Waals surface area contributed by atoms with E-state index >= 15 is 0 Å². The van der Waals surface area contributed by atoms with Crippen LogP contribution in [0.1, 0.15) is 38.8 Å². The minimum absolute atomic E-state index is 0.113. The molecule has 27 heavy (non-hydrogen) atoms. The number of carbonyl (C=O) groups is 3. The summed E-state index contributed by atoms with van der Waals surface area (Å²) in [6.45, 7) is 8.71. The van der Waals surface area contributed by atoms with Crippen molar-refractivity contribution in [2.24, 2.45) is 0 Å². The fourth-order valence-corrected chi connectivity index (χ4v) is 2.77. The van der Waals surface area contributed by atoms with Crippen LogP contribution in [0.2, 0.25) is 0 Å². The van der Waals surface area contributed by atoms with E-state index in [0.29, 0.717) is 5.88 Å². The van der Waals surface area contributed by atoms with Crippen LogP contribution in [0.3, 0.4) is 0 Å². The van der Waals surface area contributed by atoms with Crippen molar-refractivity contribution in [3.63, 3.8) is 0 Å². The van der Waals surface area contributed by atoms with Crippen LogP contribution in [-0.2, 0) is 25.7 Å². The minimum Gasteiger partial charge on any atom is -0.459 e. The summed E-state index contributed by atoms with van der Waals surface area (Å²) in [7, 11) is 0. The average Bonchev–Trinajstić information content (AvgIpc) is 2.55. The van der Waals surface area contributed by atoms with E-state index in [1.165, 1.54) is 18.7 Å².